The number of rotatable bonds is 0. The molecule has 0 saturated heterocycles. The van der Waals surface area contributed by atoms with Crippen LogP contribution in [0.4, 0.5) is 0 Å². The Labute approximate surface area is 119 Å². The molecule has 0 aliphatic heterocycles. The number of hydrogen-bond donors (Lipinski definition) is 0. The van der Waals surface area contributed by atoms with Crippen molar-refractivity contribution in [1.29, 1.82) is 0 Å². The lowest BCUT2D eigenvalue weighted by Gasteiger charge is -2.26. The summed E-state index contributed by atoms with van der Waals surface area (Å²) in [6.45, 7) is 13.6. The summed E-state index contributed by atoms with van der Waals surface area (Å²) in [6, 6.07) is 6.02. The smallest absolute Gasteiger partial charge is 0.0457 e. The summed E-state index contributed by atoms with van der Waals surface area (Å²) in [7, 11) is 0. The Bertz CT molecular complexity index is 348. The lowest BCUT2D eigenvalue weighted by atomic mass is 9.80. The van der Waals surface area contributed by atoms with Gasteiger partial charge in [0.05, 0.1) is 0 Å². The summed E-state index contributed by atoms with van der Waals surface area (Å²) in [5, 5.41) is 0. The topological polar surface area (TPSA) is 12.9 Å². The van der Waals surface area contributed by atoms with Gasteiger partial charge < -0.3 is 0 Å². The van der Waals surface area contributed by atoms with E-state index in [1.54, 1.807) is 0 Å². The largest absolute Gasteiger partial charge is 0.261 e. The first-order valence-corrected chi connectivity index (χ1v) is 7.63. The standard InChI is InChI=1S/C9H13N.C9H18/c1-9(2,3)8-6-4-5-7-10-8;1-9(2,3)8-6-4-5-7-8/h4-7H,1-3H3;8H,4-7H2,1-3H3. The van der Waals surface area contributed by atoms with Crippen LogP contribution < -0.4 is 0 Å². The van der Waals surface area contributed by atoms with Crippen molar-refractivity contribution in [2.45, 2.75) is 72.6 Å². The van der Waals surface area contributed by atoms with Gasteiger partial charge in [0, 0.05) is 17.3 Å². The van der Waals surface area contributed by atoms with Crippen molar-refractivity contribution in [2.75, 3.05) is 0 Å². The van der Waals surface area contributed by atoms with E-state index in [2.05, 4.69) is 52.6 Å². The molecule has 0 radical (unpaired) electrons. The van der Waals surface area contributed by atoms with E-state index in [9.17, 15) is 0 Å². The molecule has 0 aromatic carbocycles. The van der Waals surface area contributed by atoms with Crippen molar-refractivity contribution in [1.82, 2.24) is 4.98 Å². The fourth-order valence-electron chi connectivity index (χ4n) is 2.60. The first kappa shape index (κ1) is 16.2. The molecule has 0 N–H and O–H groups in total. The number of nitrogens with zero attached hydrogens (tertiary/aromatic N) is 1. The SMILES string of the molecule is CC(C)(C)C1CCCC1.CC(C)(C)c1ccccn1. The molecule has 19 heavy (non-hydrogen) atoms. The summed E-state index contributed by atoms with van der Waals surface area (Å²) < 4.78 is 0. The lowest BCUT2D eigenvalue weighted by molar-refractivity contribution is 0.246. The Balaban J connectivity index is 0.000000191. The second-order valence-electron chi connectivity index (χ2n) is 7.81. The van der Waals surface area contributed by atoms with Gasteiger partial charge in [-0.3, -0.25) is 4.98 Å². The molecule has 2 rings (SSSR count). The molecule has 1 nitrogen and oxygen atoms in total. The van der Waals surface area contributed by atoms with Gasteiger partial charge in [-0.15, -0.1) is 0 Å². The number of pyridine rings is 1. The van der Waals surface area contributed by atoms with Crippen molar-refractivity contribution in [2.24, 2.45) is 11.3 Å². The minimum Gasteiger partial charge on any atom is -0.261 e. The predicted molar refractivity (Wildman–Crippen MR) is 84.4 cm³/mol. The third-order valence-corrected chi connectivity index (χ3v) is 4.01. The fraction of sp³-hybridized carbons (Fsp3) is 0.722. The fourth-order valence-corrected chi connectivity index (χ4v) is 2.60. The van der Waals surface area contributed by atoms with E-state index in [-0.39, 0.29) is 5.41 Å². The van der Waals surface area contributed by atoms with Crippen LogP contribution in [0.25, 0.3) is 0 Å². The van der Waals surface area contributed by atoms with Crippen LogP contribution in [0.1, 0.15) is 72.9 Å². The monoisotopic (exact) mass is 261 g/mol. The molecule has 1 aromatic heterocycles. The number of hydrogen-bond acceptors (Lipinski definition) is 1. The minimum absolute atomic E-state index is 0.182. The van der Waals surface area contributed by atoms with Gasteiger partial charge in [0.2, 0.25) is 0 Å². The normalized spacial score (nSPS) is 16.9. The molecule has 0 unspecified atom stereocenters. The second kappa shape index (κ2) is 6.54. The number of aromatic nitrogens is 1. The van der Waals surface area contributed by atoms with E-state index in [0.29, 0.717) is 5.41 Å². The third kappa shape index (κ3) is 5.76. The summed E-state index contributed by atoms with van der Waals surface area (Å²) in [6.07, 6.45) is 7.73. The van der Waals surface area contributed by atoms with Gasteiger partial charge in [0.1, 0.15) is 0 Å². The zero-order valence-electron chi connectivity index (χ0n) is 13.7. The van der Waals surface area contributed by atoms with Crippen LogP contribution in [-0.4, -0.2) is 4.98 Å². The van der Waals surface area contributed by atoms with Gasteiger partial charge in [-0.2, -0.15) is 0 Å². The van der Waals surface area contributed by atoms with E-state index in [1.165, 1.54) is 25.7 Å². The molecule has 1 heterocycles. The summed E-state index contributed by atoms with van der Waals surface area (Å²) in [4.78, 5) is 4.25. The minimum atomic E-state index is 0.182. The maximum absolute atomic E-state index is 4.25. The molecule has 1 saturated carbocycles. The van der Waals surface area contributed by atoms with Crippen LogP contribution >= 0.6 is 0 Å². The van der Waals surface area contributed by atoms with E-state index in [1.807, 2.05) is 18.3 Å². The molecule has 1 heteroatoms. The van der Waals surface area contributed by atoms with E-state index < -0.39 is 0 Å². The summed E-state index contributed by atoms with van der Waals surface area (Å²) in [5.74, 6) is 1.01. The summed E-state index contributed by atoms with van der Waals surface area (Å²) >= 11 is 0. The van der Waals surface area contributed by atoms with Crippen molar-refractivity contribution in [3.8, 4) is 0 Å². The highest BCUT2D eigenvalue weighted by Crippen LogP contribution is 2.38. The lowest BCUT2D eigenvalue weighted by Crippen LogP contribution is -2.16. The van der Waals surface area contributed by atoms with E-state index in [4.69, 9.17) is 0 Å². The zero-order valence-corrected chi connectivity index (χ0v) is 13.7. The average molecular weight is 261 g/mol. The highest BCUT2D eigenvalue weighted by atomic mass is 14.7. The molecule has 0 spiro atoms. The first-order chi connectivity index (χ1) is 8.71. The highest BCUT2D eigenvalue weighted by molar-refractivity contribution is 5.12. The average Bonchev–Trinajstić information content (AvgIpc) is 2.83. The molecular weight excluding hydrogens is 230 g/mol. The van der Waals surface area contributed by atoms with Gasteiger partial charge in [0.15, 0.2) is 0 Å². The van der Waals surface area contributed by atoms with Gasteiger partial charge in [-0.25, -0.2) is 0 Å². The highest BCUT2D eigenvalue weighted by Gasteiger charge is 2.26. The molecule has 1 aliphatic rings. The second-order valence-corrected chi connectivity index (χ2v) is 7.81. The Kier molecular flexibility index (Phi) is 5.58. The summed E-state index contributed by atoms with van der Waals surface area (Å²) in [5.41, 5.74) is 1.91. The van der Waals surface area contributed by atoms with Gasteiger partial charge in [0.25, 0.3) is 0 Å². The van der Waals surface area contributed by atoms with Crippen LogP contribution in [0.2, 0.25) is 0 Å². The predicted octanol–water partition coefficient (Wildman–Crippen LogP) is 5.60. The Morgan fingerprint density at radius 1 is 0.947 bits per heavy atom. The molecule has 0 bridgehead atoms. The van der Waals surface area contributed by atoms with Crippen molar-refractivity contribution in [3.63, 3.8) is 0 Å². The molecule has 108 valence electrons. The van der Waals surface area contributed by atoms with Gasteiger partial charge >= 0.3 is 0 Å². The molecule has 0 atom stereocenters. The van der Waals surface area contributed by atoms with Gasteiger partial charge in [-0.05, 0) is 36.3 Å². The van der Waals surface area contributed by atoms with Crippen LogP contribution in [0.15, 0.2) is 24.4 Å². The van der Waals surface area contributed by atoms with E-state index >= 15 is 0 Å². The maximum Gasteiger partial charge on any atom is 0.0457 e. The quantitative estimate of drug-likeness (QED) is 0.592. The van der Waals surface area contributed by atoms with Crippen molar-refractivity contribution >= 4 is 0 Å². The van der Waals surface area contributed by atoms with Crippen LogP contribution in [0.5, 0.6) is 0 Å². The van der Waals surface area contributed by atoms with Crippen LogP contribution in [0, 0.1) is 11.3 Å². The molecule has 1 aliphatic carbocycles. The van der Waals surface area contributed by atoms with E-state index in [0.717, 1.165) is 11.6 Å². The first-order valence-electron chi connectivity index (χ1n) is 7.63. The van der Waals surface area contributed by atoms with Crippen LogP contribution in [-0.2, 0) is 5.41 Å². The molecular formula is C18H31N. The van der Waals surface area contributed by atoms with Gasteiger partial charge in [-0.1, -0.05) is 60.5 Å². The van der Waals surface area contributed by atoms with Crippen LogP contribution in [0.3, 0.4) is 0 Å². The zero-order chi connectivity index (χ0) is 14.5. The third-order valence-electron chi connectivity index (χ3n) is 4.01. The maximum atomic E-state index is 4.25. The Hall–Kier alpha value is -0.850. The van der Waals surface area contributed by atoms with Crippen molar-refractivity contribution < 1.29 is 0 Å². The molecule has 1 aromatic rings. The van der Waals surface area contributed by atoms with Crippen molar-refractivity contribution in [3.05, 3.63) is 30.1 Å². The Morgan fingerprint density at radius 2 is 1.53 bits per heavy atom. The molecule has 0 amide bonds. The molecule has 1 fully saturated rings. The Morgan fingerprint density at radius 3 is 1.79 bits per heavy atom.